The minimum absolute atomic E-state index is 0. The van der Waals surface area contributed by atoms with Gasteiger partial charge in [-0.15, -0.1) is 23.7 Å². The van der Waals surface area contributed by atoms with Crippen LogP contribution < -0.4 is 5.32 Å². The average molecular weight is 258 g/mol. The van der Waals surface area contributed by atoms with Crippen LogP contribution in [0, 0.1) is 0 Å². The molecule has 0 saturated carbocycles. The maximum atomic E-state index is 4.23. The largest absolute Gasteiger partial charge is 0.306 e. The van der Waals surface area contributed by atoms with Crippen LogP contribution in [0.5, 0.6) is 0 Å². The Morgan fingerprint density at radius 2 is 2.25 bits per heavy atom. The highest BCUT2D eigenvalue weighted by Gasteiger charge is 1.99. The van der Waals surface area contributed by atoms with Crippen LogP contribution in [-0.2, 0) is 19.6 Å². The number of rotatable bonds is 5. The fourth-order valence-electron chi connectivity index (χ4n) is 1.52. The monoisotopic (exact) mass is 257 g/mol. The Balaban J connectivity index is 0.00000128. The zero-order valence-electron chi connectivity index (χ0n) is 9.22. The van der Waals surface area contributed by atoms with Crippen LogP contribution in [0.15, 0.2) is 29.8 Å². The van der Waals surface area contributed by atoms with E-state index in [9.17, 15) is 0 Å². The van der Waals surface area contributed by atoms with E-state index in [1.165, 1.54) is 10.6 Å². The van der Waals surface area contributed by atoms with E-state index in [2.05, 4.69) is 40.9 Å². The Labute approximate surface area is 106 Å². The molecule has 16 heavy (non-hydrogen) atoms. The van der Waals surface area contributed by atoms with Crippen LogP contribution in [0.4, 0.5) is 0 Å². The van der Waals surface area contributed by atoms with E-state index in [1.54, 1.807) is 11.3 Å². The smallest absolute Gasteiger partial charge is 0.0522 e. The van der Waals surface area contributed by atoms with Gasteiger partial charge in [0, 0.05) is 30.7 Å². The molecular formula is C11H16ClN3S. The molecule has 3 nitrogen and oxygen atoms in total. The van der Waals surface area contributed by atoms with Gasteiger partial charge in [-0.2, -0.15) is 5.10 Å². The predicted octanol–water partition coefficient (Wildman–Crippen LogP) is 2.68. The van der Waals surface area contributed by atoms with Gasteiger partial charge in [0.2, 0.25) is 0 Å². The number of thiophene rings is 1. The van der Waals surface area contributed by atoms with Crippen LogP contribution in [0.2, 0.25) is 0 Å². The van der Waals surface area contributed by atoms with Crippen LogP contribution in [0.3, 0.4) is 0 Å². The summed E-state index contributed by atoms with van der Waals surface area (Å²) < 4.78 is 2.02. The molecule has 0 atom stereocenters. The van der Waals surface area contributed by atoms with Crippen molar-refractivity contribution in [3.8, 4) is 0 Å². The molecule has 1 N–H and O–H groups in total. The van der Waals surface area contributed by atoms with Crippen molar-refractivity contribution in [1.29, 1.82) is 0 Å². The average Bonchev–Trinajstić information content (AvgIpc) is 2.88. The fourth-order valence-corrected chi connectivity index (χ4v) is 2.20. The van der Waals surface area contributed by atoms with Crippen molar-refractivity contribution in [2.75, 3.05) is 0 Å². The molecule has 0 aliphatic rings. The number of nitrogens with one attached hydrogen (secondary N) is 1. The molecule has 88 valence electrons. The Hall–Kier alpha value is -0.840. The normalized spacial score (nSPS) is 10.1. The molecule has 2 heterocycles. The summed E-state index contributed by atoms with van der Waals surface area (Å²) in [7, 11) is 0. The zero-order valence-corrected chi connectivity index (χ0v) is 10.9. The maximum Gasteiger partial charge on any atom is 0.0522 e. The quantitative estimate of drug-likeness (QED) is 0.893. The van der Waals surface area contributed by atoms with E-state index >= 15 is 0 Å². The third kappa shape index (κ3) is 3.33. The van der Waals surface area contributed by atoms with Gasteiger partial charge >= 0.3 is 0 Å². The van der Waals surface area contributed by atoms with Crippen LogP contribution >= 0.6 is 23.7 Å². The lowest BCUT2D eigenvalue weighted by Crippen LogP contribution is -2.15. The van der Waals surface area contributed by atoms with Crippen molar-refractivity contribution >= 4 is 23.7 Å². The summed E-state index contributed by atoms with van der Waals surface area (Å²) in [5.41, 5.74) is 1.24. The van der Waals surface area contributed by atoms with Crippen LogP contribution in [0.1, 0.15) is 17.5 Å². The number of halogens is 1. The van der Waals surface area contributed by atoms with Crippen molar-refractivity contribution in [3.63, 3.8) is 0 Å². The molecule has 0 fully saturated rings. The Kier molecular flexibility index (Phi) is 5.52. The fraction of sp³-hybridized carbons (Fsp3) is 0.364. The number of hydrogen-bond acceptors (Lipinski definition) is 3. The Morgan fingerprint density at radius 1 is 1.38 bits per heavy atom. The minimum atomic E-state index is 0. The molecule has 0 aliphatic carbocycles. The highest BCUT2D eigenvalue weighted by molar-refractivity contribution is 7.09. The van der Waals surface area contributed by atoms with Gasteiger partial charge in [-0.3, -0.25) is 4.68 Å². The van der Waals surface area contributed by atoms with Crippen molar-refractivity contribution in [1.82, 2.24) is 15.1 Å². The molecule has 2 aromatic heterocycles. The minimum Gasteiger partial charge on any atom is -0.306 e. The third-order valence-electron chi connectivity index (χ3n) is 2.29. The van der Waals surface area contributed by atoms with E-state index < -0.39 is 0 Å². The molecule has 0 aromatic carbocycles. The van der Waals surface area contributed by atoms with Crippen LogP contribution in [0.25, 0.3) is 0 Å². The highest BCUT2D eigenvalue weighted by atomic mass is 35.5. The second kappa shape index (κ2) is 6.68. The first-order valence-corrected chi connectivity index (χ1v) is 6.02. The first-order chi connectivity index (χ1) is 7.40. The Morgan fingerprint density at radius 3 is 2.94 bits per heavy atom. The summed E-state index contributed by atoms with van der Waals surface area (Å²) in [5, 5.41) is 9.75. The van der Waals surface area contributed by atoms with Gasteiger partial charge in [-0.05, 0) is 24.4 Å². The second-order valence-corrected chi connectivity index (χ2v) is 4.35. The van der Waals surface area contributed by atoms with Crippen molar-refractivity contribution in [2.24, 2.45) is 0 Å². The van der Waals surface area contributed by atoms with Gasteiger partial charge in [-0.1, -0.05) is 6.07 Å². The van der Waals surface area contributed by atoms with Gasteiger partial charge in [0.05, 0.1) is 5.69 Å². The van der Waals surface area contributed by atoms with Gasteiger partial charge < -0.3 is 5.32 Å². The molecule has 2 rings (SSSR count). The summed E-state index contributed by atoms with van der Waals surface area (Å²) in [6, 6.07) is 6.29. The molecule has 0 aliphatic heterocycles. The summed E-state index contributed by atoms with van der Waals surface area (Å²) in [5.74, 6) is 0. The van der Waals surface area contributed by atoms with Crippen LogP contribution in [-0.4, -0.2) is 9.78 Å². The SMILES string of the molecule is CCn1nccc1CNCc1cccs1.Cl. The Bertz CT molecular complexity index is 397. The molecule has 5 heteroatoms. The lowest BCUT2D eigenvalue weighted by molar-refractivity contribution is 0.583. The van der Waals surface area contributed by atoms with E-state index in [0.717, 1.165) is 19.6 Å². The van der Waals surface area contributed by atoms with Crippen molar-refractivity contribution in [2.45, 2.75) is 26.6 Å². The van der Waals surface area contributed by atoms with Crippen molar-refractivity contribution in [3.05, 3.63) is 40.3 Å². The van der Waals surface area contributed by atoms with E-state index in [4.69, 9.17) is 0 Å². The number of aryl methyl sites for hydroxylation is 1. The molecule has 2 aromatic rings. The molecule has 0 saturated heterocycles. The lowest BCUT2D eigenvalue weighted by Gasteiger charge is -2.05. The standard InChI is InChI=1S/C11H15N3S.ClH/c1-2-14-10(5-6-13-14)8-12-9-11-4-3-7-15-11;/h3-7,12H,2,8-9H2,1H3;1H. The predicted molar refractivity (Wildman–Crippen MR) is 70.0 cm³/mol. The highest BCUT2D eigenvalue weighted by Crippen LogP contribution is 2.08. The lowest BCUT2D eigenvalue weighted by atomic mass is 10.4. The summed E-state index contributed by atoms with van der Waals surface area (Å²) in [6.07, 6.45) is 1.85. The number of hydrogen-bond donors (Lipinski definition) is 1. The van der Waals surface area contributed by atoms with Crippen molar-refractivity contribution < 1.29 is 0 Å². The van der Waals surface area contributed by atoms with E-state index in [0.29, 0.717) is 0 Å². The van der Waals surface area contributed by atoms with Gasteiger partial charge in [0.1, 0.15) is 0 Å². The third-order valence-corrected chi connectivity index (χ3v) is 3.17. The summed E-state index contributed by atoms with van der Waals surface area (Å²) in [4.78, 5) is 1.37. The maximum absolute atomic E-state index is 4.23. The molecule has 0 unspecified atom stereocenters. The molecular weight excluding hydrogens is 242 g/mol. The van der Waals surface area contributed by atoms with Gasteiger partial charge in [-0.25, -0.2) is 0 Å². The van der Waals surface area contributed by atoms with E-state index in [1.807, 2.05) is 10.9 Å². The topological polar surface area (TPSA) is 29.9 Å². The van der Waals surface area contributed by atoms with Gasteiger partial charge in [0.15, 0.2) is 0 Å². The molecule has 0 amide bonds. The first kappa shape index (κ1) is 13.2. The number of aromatic nitrogens is 2. The summed E-state index contributed by atoms with van der Waals surface area (Å²) >= 11 is 1.79. The zero-order chi connectivity index (χ0) is 10.5. The second-order valence-electron chi connectivity index (χ2n) is 3.32. The molecule has 0 bridgehead atoms. The molecule has 0 spiro atoms. The first-order valence-electron chi connectivity index (χ1n) is 5.14. The van der Waals surface area contributed by atoms with E-state index in [-0.39, 0.29) is 12.4 Å². The molecule has 0 radical (unpaired) electrons. The number of nitrogens with zero attached hydrogens (tertiary/aromatic N) is 2. The summed E-state index contributed by atoms with van der Waals surface area (Å²) in [6.45, 7) is 4.86. The van der Waals surface area contributed by atoms with Gasteiger partial charge in [0.25, 0.3) is 0 Å².